The van der Waals surface area contributed by atoms with Gasteiger partial charge in [0.1, 0.15) is 30.8 Å². The summed E-state index contributed by atoms with van der Waals surface area (Å²) in [6.45, 7) is -1.56. The number of methoxy groups -OCH3 is 1. The molecule has 1 aromatic rings. The molecule has 0 unspecified atom stereocenters. The largest absolute Gasteiger partial charge is 0.497 e. The van der Waals surface area contributed by atoms with Gasteiger partial charge in [0.25, 0.3) is 0 Å². The lowest BCUT2D eigenvalue weighted by molar-refractivity contribution is -0.139. The summed E-state index contributed by atoms with van der Waals surface area (Å²) in [6, 6.07) is 6.78. The van der Waals surface area contributed by atoms with E-state index >= 15 is 0 Å². The van der Waals surface area contributed by atoms with Gasteiger partial charge in [-0.15, -0.1) is 0 Å². The van der Waals surface area contributed by atoms with Crippen LogP contribution in [0.1, 0.15) is 0 Å². The van der Waals surface area contributed by atoms with Gasteiger partial charge in [-0.05, 0) is 31.3 Å². The molecule has 24 heavy (non-hydrogen) atoms. The maximum atomic E-state index is 12.0. The molecule has 0 spiro atoms. The van der Waals surface area contributed by atoms with Crippen molar-refractivity contribution in [1.29, 1.82) is 0 Å². The number of hydrogen-bond acceptors (Lipinski definition) is 5. The van der Waals surface area contributed by atoms with Crippen LogP contribution < -0.4 is 14.8 Å². The zero-order valence-corrected chi connectivity index (χ0v) is 13.5. The van der Waals surface area contributed by atoms with Gasteiger partial charge in [-0.3, -0.25) is 9.69 Å². The first-order valence-electron chi connectivity index (χ1n) is 7.16. The van der Waals surface area contributed by atoms with E-state index in [-0.39, 0.29) is 19.7 Å². The number of benzene rings is 1. The summed E-state index contributed by atoms with van der Waals surface area (Å²) in [5, 5.41) is 11.6. The van der Waals surface area contributed by atoms with E-state index in [1.807, 2.05) is 0 Å². The number of ether oxygens (including phenoxy) is 2. The van der Waals surface area contributed by atoms with E-state index in [2.05, 4.69) is 0 Å². The van der Waals surface area contributed by atoms with E-state index in [0.29, 0.717) is 11.5 Å². The number of carbonyl (C=O) groups excluding carboxylic acids is 1. The van der Waals surface area contributed by atoms with Gasteiger partial charge in [0, 0.05) is 6.54 Å². The summed E-state index contributed by atoms with van der Waals surface area (Å²) in [6.07, 6.45) is -5.34. The molecule has 2 N–H and O–H groups in total. The summed E-state index contributed by atoms with van der Waals surface area (Å²) < 4.78 is 46.3. The molecule has 1 rings (SSSR count). The molecule has 0 fully saturated rings. The molecule has 6 nitrogen and oxygen atoms in total. The lowest BCUT2D eigenvalue weighted by atomic mass is 10.3. The Hall–Kier alpha value is -2.00. The highest BCUT2D eigenvalue weighted by atomic mass is 19.4. The van der Waals surface area contributed by atoms with Gasteiger partial charge in [0.05, 0.1) is 13.7 Å². The van der Waals surface area contributed by atoms with Crippen LogP contribution in [0.2, 0.25) is 0 Å². The molecular weight excluding hydrogens is 329 g/mol. The molecular formula is C15H21F3N2O4. The third-order valence-electron chi connectivity index (χ3n) is 2.92. The average Bonchev–Trinajstić information content (AvgIpc) is 2.50. The minimum atomic E-state index is -4.44. The van der Waals surface area contributed by atoms with Crippen LogP contribution in [0.15, 0.2) is 24.3 Å². The number of nitrogens with one attached hydrogen (secondary N) is 1. The minimum absolute atomic E-state index is 0.0131. The van der Waals surface area contributed by atoms with Crippen molar-refractivity contribution < 1.29 is 32.5 Å². The van der Waals surface area contributed by atoms with Crippen molar-refractivity contribution in [3.63, 3.8) is 0 Å². The first-order chi connectivity index (χ1) is 11.2. The van der Waals surface area contributed by atoms with E-state index in [1.165, 1.54) is 11.9 Å². The number of nitrogens with zero attached hydrogens (tertiary/aromatic N) is 1. The first-order valence-corrected chi connectivity index (χ1v) is 7.16. The van der Waals surface area contributed by atoms with Crippen molar-refractivity contribution in [2.75, 3.05) is 40.4 Å². The maximum Gasteiger partial charge on any atom is 0.405 e. The molecule has 0 heterocycles. The molecule has 0 aromatic heterocycles. The van der Waals surface area contributed by atoms with Crippen LogP contribution in [0.3, 0.4) is 0 Å². The minimum Gasteiger partial charge on any atom is -0.497 e. The molecule has 0 bridgehead atoms. The predicted octanol–water partition coefficient (Wildman–Crippen LogP) is 1.05. The quantitative estimate of drug-likeness (QED) is 0.697. The van der Waals surface area contributed by atoms with Gasteiger partial charge in [0.15, 0.2) is 0 Å². The number of carbonyl (C=O) groups is 1. The van der Waals surface area contributed by atoms with E-state index in [4.69, 9.17) is 9.47 Å². The fourth-order valence-corrected chi connectivity index (χ4v) is 1.84. The Morgan fingerprint density at radius 1 is 1.29 bits per heavy atom. The van der Waals surface area contributed by atoms with Gasteiger partial charge in [0.2, 0.25) is 5.91 Å². The molecule has 0 aliphatic heterocycles. The number of rotatable bonds is 9. The molecule has 0 radical (unpaired) electrons. The Morgan fingerprint density at radius 2 is 1.88 bits per heavy atom. The van der Waals surface area contributed by atoms with Crippen molar-refractivity contribution in [2.45, 2.75) is 12.3 Å². The fourth-order valence-electron chi connectivity index (χ4n) is 1.84. The van der Waals surface area contributed by atoms with Crippen molar-refractivity contribution >= 4 is 5.91 Å². The van der Waals surface area contributed by atoms with E-state index < -0.39 is 24.7 Å². The Kier molecular flexibility index (Phi) is 7.80. The van der Waals surface area contributed by atoms with Crippen molar-refractivity contribution in [2.24, 2.45) is 0 Å². The SMILES string of the molecule is COc1ccc(OC[C@H](O)CN(C)CC(=O)NCC(F)(F)F)cc1. The third kappa shape index (κ3) is 8.59. The fraction of sp³-hybridized carbons (Fsp3) is 0.533. The second kappa shape index (κ2) is 9.33. The first kappa shape index (κ1) is 20.0. The third-order valence-corrected chi connectivity index (χ3v) is 2.92. The molecule has 1 aromatic carbocycles. The number of halogens is 3. The summed E-state index contributed by atoms with van der Waals surface area (Å²) in [5.41, 5.74) is 0. The topological polar surface area (TPSA) is 71.0 Å². The molecule has 0 aliphatic rings. The Morgan fingerprint density at radius 3 is 2.42 bits per heavy atom. The van der Waals surface area contributed by atoms with Crippen molar-refractivity contribution in [1.82, 2.24) is 10.2 Å². The summed E-state index contributed by atoms with van der Waals surface area (Å²) in [4.78, 5) is 12.8. The summed E-state index contributed by atoms with van der Waals surface area (Å²) >= 11 is 0. The smallest absolute Gasteiger partial charge is 0.405 e. The maximum absolute atomic E-state index is 12.0. The van der Waals surface area contributed by atoms with Crippen LogP contribution >= 0.6 is 0 Å². The van der Waals surface area contributed by atoms with Crippen LogP contribution in [-0.2, 0) is 4.79 Å². The second-order valence-electron chi connectivity index (χ2n) is 5.23. The number of aliphatic hydroxyl groups excluding tert-OH is 1. The van der Waals surface area contributed by atoms with E-state index in [0.717, 1.165) is 0 Å². The molecule has 9 heteroatoms. The monoisotopic (exact) mass is 350 g/mol. The standard InChI is InChI=1S/C15H21F3N2O4/c1-20(8-14(22)19-10-15(16,17)18)7-11(21)9-24-13-5-3-12(23-2)4-6-13/h3-6,11,21H,7-10H2,1-2H3,(H,19,22)/t11-/m1/s1. The summed E-state index contributed by atoms with van der Waals surface area (Å²) in [7, 11) is 3.06. The molecule has 1 atom stereocenters. The van der Waals surface area contributed by atoms with Crippen LogP contribution in [0.5, 0.6) is 11.5 Å². The van der Waals surface area contributed by atoms with E-state index in [1.54, 1.807) is 36.7 Å². The molecule has 1 amide bonds. The summed E-state index contributed by atoms with van der Waals surface area (Å²) in [5.74, 6) is 0.450. The van der Waals surface area contributed by atoms with Gasteiger partial charge in [-0.1, -0.05) is 0 Å². The van der Waals surface area contributed by atoms with Crippen LogP contribution in [-0.4, -0.2) is 68.6 Å². The highest BCUT2D eigenvalue weighted by Gasteiger charge is 2.27. The van der Waals surface area contributed by atoms with Crippen LogP contribution in [0.25, 0.3) is 0 Å². The number of hydrogen-bond donors (Lipinski definition) is 2. The molecule has 0 saturated carbocycles. The average molecular weight is 350 g/mol. The van der Waals surface area contributed by atoms with Gasteiger partial charge < -0.3 is 19.9 Å². The van der Waals surface area contributed by atoms with Crippen LogP contribution in [0.4, 0.5) is 13.2 Å². The zero-order chi connectivity index (χ0) is 18.2. The van der Waals surface area contributed by atoms with Crippen molar-refractivity contribution in [3.05, 3.63) is 24.3 Å². The lowest BCUT2D eigenvalue weighted by Crippen LogP contribution is -2.42. The van der Waals surface area contributed by atoms with Crippen LogP contribution in [0, 0.1) is 0 Å². The van der Waals surface area contributed by atoms with E-state index in [9.17, 15) is 23.1 Å². The van der Waals surface area contributed by atoms with Gasteiger partial charge in [-0.2, -0.15) is 13.2 Å². The Labute approximate surface area is 138 Å². The van der Waals surface area contributed by atoms with Crippen molar-refractivity contribution in [3.8, 4) is 11.5 Å². The Balaban J connectivity index is 2.27. The van der Waals surface area contributed by atoms with Gasteiger partial charge in [-0.25, -0.2) is 0 Å². The number of amides is 1. The predicted molar refractivity (Wildman–Crippen MR) is 81.1 cm³/mol. The second-order valence-corrected chi connectivity index (χ2v) is 5.23. The molecule has 136 valence electrons. The van der Waals surface area contributed by atoms with Gasteiger partial charge >= 0.3 is 6.18 Å². The molecule has 0 saturated heterocycles. The lowest BCUT2D eigenvalue weighted by Gasteiger charge is -2.20. The highest BCUT2D eigenvalue weighted by Crippen LogP contribution is 2.17. The zero-order valence-electron chi connectivity index (χ0n) is 13.5. The number of likely N-dealkylation sites (N-methyl/N-ethyl adjacent to an activating group) is 1. The number of aliphatic hydroxyl groups is 1. The highest BCUT2D eigenvalue weighted by molar-refractivity contribution is 5.78. The molecule has 0 aliphatic carbocycles. The normalized spacial score (nSPS) is 12.8. The number of alkyl halides is 3. The Bertz CT molecular complexity index is 508.